The molecule has 1 aromatic heterocycles. The van der Waals surface area contributed by atoms with Gasteiger partial charge in [0, 0.05) is 30.0 Å². The summed E-state index contributed by atoms with van der Waals surface area (Å²) in [4.78, 5) is 31.1. The van der Waals surface area contributed by atoms with Crippen LogP contribution in [0.25, 0.3) is 0 Å². The fourth-order valence-corrected chi connectivity index (χ4v) is 3.11. The summed E-state index contributed by atoms with van der Waals surface area (Å²) in [6, 6.07) is 3.89. The largest absolute Gasteiger partial charge is 0.396 e. The molecule has 0 bridgehead atoms. The number of benzene rings is 1. The van der Waals surface area contributed by atoms with E-state index < -0.39 is 11.1 Å². The van der Waals surface area contributed by atoms with Crippen molar-refractivity contribution >= 4 is 35.0 Å². The van der Waals surface area contributed by atoms with Crippen LogP contribution in [-0.2, 0) is 11.2 Å². The molecule has 0 saturated carbocycles. The van der Waals surface area contributed by atoms with Crippen molar-refractivity contribution < 1.29 is 14.3 Å². The number of halogens is 2. The summed E-state index contributed by atoms with van der Waals surface area (Å²) in [5.41, 5.74) is 0.977. The molecule has 0 aliphatic rings. The van der Waals surface area contributed by atoms with Crippen molar-refractivity contribution in [2.75, 3.05) is 11.9 Å². The third kappa shape index (κ3) is 5.04. The Morgan fingerprint density at radius 3 is 2.84 bits per heavy atom. The van der Waals surface area contributed by atoms with E-state index in [1.54, 1.807) is 13.8 Å². The second kappa shape index (κ2) is 8.46. The van der Waals surface area contributed by atoms with Crippen molar-refractivity contribution in [3.05, 3.63) is 50.7 Å². The van der Waals surface area contributed by atoms with Crippen molar-refractivity contribution in [1.82, 2.24) is 9.97 Å². The van der Waals surface area contributed by atoms with Gasteiger partial charge in [-0.15, -0.1) is 0 Å². The van der Waals surface area contributed by atoms with Crippen LogP contribution in [0.5, 0.6) is 0 Å². The van der Waals surface area contributed by atoms with Gasteiger partial charge >= 0.3 is 0 Å². The van der Waals surface area contributed by atoms with E-state index in [4.69, 9.17) is 16.7 Å². The summed E-state index contributed by atoms with van der Waals surface area (Å²) >= 11 is 6.77. The maximum Gasteiger partial charge on any atom is 0.255 e. The second-order valence-corrected chi connectivity index (χ2v) is 7.02. The molecule has 0 unspecified atom stereocenters. The van der Waals surface area contributed by atoms with Crippen molar-refractivity contribution in [2.24, 2.45) is 0 Å². The average molecular weight is 386 g/mol. The minimum absolute atomic E-state index is 0.0841. The number of aliphatic hydroxyl groups excluding tert-OH is 1. The van der Waals surface area contributed by atoms with Crippen LogP contribution in [0.3, 0.4) is 0 Å². The molecule has 0 saturated heterocycles. The second-order valence-electron chi connectivity index (χ2n) is 5.29. The molecule has 1 atom stereocenters. The molecule has 0 spiro atoms. The van der Waals surface area contributed by atoms with Crippen LogP contribution in [0, 0.1) is 12.7 Å². The summed E-state index contributed by atoms with van der Waals surface area (Å²) in [6.45, 7) is 3.19. The van der Waals surface area contributed by atoms with Gasteiger partial charge in [-0.3, -0.25) is 9.59 Å². The van der Waals surface area contributed by atoms with Gasteiger partial charge < -0.3 is 15.4 Å². The number of anilines is 1. The first-order valence-electron chi connectivity index (χ1n) is 7.45. The van der Waals surface area contributed by atoms with E-state index in [1.807, 2.05) is 0 Å². The van der Waals surface area contributed by atoms with Crippen LogP contribution in [0.1, 0.15) is 18.2 Å². The quantitative estimate of drug-likeness (QED) is 0.524. The summed E-state index contributed by atoms with van der Waals surface area (Å²) in [7, 11) is 0. The Balaban J connectivity index is 2.08. The van der Waals surface area contributed by atoms with Crippen LogP contribution in [0.2, 0.25) is 5.02 Å². The number of aromatic nitrogens is 2. The number of H-pyrrole nitrogens is 1. The van der Waals surface area contributed by atoms with E-state index in [2.05, 4.69) is 15.3 Å². The highest BCUT2D eigenvalue weighted by Crippen LogP contribution is 2.23. The first-order chi connectivity index (χ1) is 11.8. The highest BCUT2D eigenvalue weighted by molar-refractivity contribution is 8.00. The number of hydrogen-bond donors (Lipinski definition) is 3. The van der Waals surface area contributed by atoms with Gasteiger partial charge in [-0.05, 0) is 32.0 Å². The lowest BCUT2D eigenvalue weighted by atomic mass is 10.2. The number of nitrogens with zero attached hydrogens (tertiary/aromatic N) is 1. The van der Waals surface area contributed by atoms with Gasteiger partial charge in [-0.1, -0.05) is 23.4 Å². The Hall–Kier alpha value is -1.90. The molecule has 1 amide bonds. The number of thioether (sulfide) groups is 1. The number of rotatable bonds is 6. The molecule has 25 heavy (non-hydrogen) atoms. The summed E-state index contributed by atoms with van der Waals surface area (Å²) in [6.07, 6.45) is 0.223. The summed E-state index contributed by atoms with van der Waals surface area (Å²) in [5.74, 6) is -0.908. The monoisotopic (exact) mass is 385 g/mol. The zero-order valence-electron chi connectivity index (χ0n) is 13.6. The highest BCUT2D eigenvalue weighted by atomic mass is 35.5. The SMILES string of the molecule is Cc1nc(S[C@@H](C)C(=O)Nc2ccc(F)c(Cl)c2)[nH]c(=O)c1CCO. The van der Waals surface area contributed by atoms with Crippen molar-refractivity contribution in [3.8, 4) is 0 Å². The minimum Gasteiger partial charge on any atom is -0.396 e. The number of aromatic amines is 1. The summed E-state index contributed by atoms with van der Waals surface area (Å²) < 4.78 is 13.1. The van der Waals surface area contributed by atoms with Gasteiger partial charge in [-0.2, -0.15) is 0 Å². The lowest BCUT2D eigenvalue weighted by molar-refractivity contribution is -0.115. The lowest BCUT2D eigenvalue weighted by Crippen LogP contribution is -2.24. The van der Waals surface area contributed by atoms with Crippen LogP contribution in [0.15, 0.2) is 28.2 Å². The van der Waals surface area contributed by atoms with E-state index in [-0.39, 0.29) is 29.5 Å². The lowest BCUT2D eigenvalue weighted by Gasteiger charge is -2.12. The molecule has 1 heterocycles. The topological polar surface area (TPSA) is 95.1 Å². The first-order valence-corrected chi connectivity index (χ1v) is 8.70. The standard InChI is InChI=1S/C16H17ClFN3O3S/c1-8-11(5-6-22)15(24)21-16(19-8)25-9(2)14(23)20-10-3-4-13(18)12(17)7-10/h3-4,7,9,22H,5-6H2,1-2H3,(H,20,23)(H,19,21,24)/t9-/m0/s1. The predicted molar refractivity (Wildman–Crippen MR) is 95.7 cm³/mol. The maximum atomic E-state index is 13.1. The molecule has 0 aliphatic heterocycles. The van der Waals surface area contributed by atoms with E-state index >= 15 is 0 Å². The van der Waals surface area contributed by atoms with E-state index in [9.17, 15) is 14.0 Å². The normalized spacial score (nSPS) is 12.0. The third-order valence-corrected chi connectivity index (χ3v) is 4.68. The number of carbonyl (C=O) groups excluding carboxylic acids is 1. The number of aliphatic hydroxyl groups is 1. The molecule has 2 aromatic rings. The van der Waals surface area contributed by atoms with E-state index in [0.717, 1.165) is 17.8 Å². The molecule has 134 valence electrons. The van der Waals surface area contributed by atoms with Crippen molar-refractivity contribution in [3.63, 3.8) is 0 Å². The zero-order chi connectivity index (χ0) is 18.6. The summed E-state index contributed by atoms with van der Waals surface area (Å²) in [5, 5.41) is 11.3. The molecule has 0 fully saturated rings. The number of hydrogen-bond acceptors (Lipinski definition) is 5. The number of amides is 1. The highest BCUT2D eigenvalue weighted by Gasteiger charge is 2.18. The zero-order valence-corrected chi connectivity index (χ0v) is 15.2. The van der Waals surface area contributed by atoms with E-state index in [1.165, 1.54) is 12.1 Å². The molecule has 1 aromatic carbocycles. The Labute approximate surface area is 152 Å². The first kappa shape index (κ1) is 19.4. The van der Waals surface area contributed by atoms with Crippen LogP contribution >= 0.6 is 23.4 Å². The molecular formula is C16H17ClFN3O3S. The molecular weight excluding hydrogens is 369 g/mol. The Morgan fingerprint density at radius 1 is 1.52 bits per heavy atom. The number of aryl methyl sites for hydroxylation is 1. The predicted octanol–water partition coefficient (Wildman–Crippen LogP) is 2.52. The Bertz CT molecular complexity index is 844. The average Bonchev–Trinajstić information content (AvgIpc) is 2.54. The van der Waals surface area contributed by atoms with Gasteiger partial charge in [0.1, 0.15) is 5.82 Å². The van der Waals surface area contributed by atoms with E-state index in [0.29, 0.717) is 22.1 Å². The molecule has 9 heteroatoms. The minimum atomic E-state index is -0.567. The van der Waals surface area contributed by atoms with Gasteiger partial charge in [0.2, 0.25) is 5.91 Å². The number of nitrogens with one attached hydrogen (secondary N) is 2. The van der Waals surface area contributed by atoms with Crippen LogP contribution < -0.4 is 10.9 Å². The maximum absolute atomic E-state index is 13.1. The van der Waals surface area contributed by atoms with Gasteiger partial charge in [-0.25, -0.2) is 9.37 Å². The fraction of sp³-hybridized carbons (Fsp3) is 0.312. The third-order valence-electron chi connectivity index (χ3n) is 3.41. The fourth-order valence-electron chi connectivity index (χ4n) is 2.09. The molecule has 0 aliphatic carbocycles. The van der Waals surface area contributed by atoms with Crippen LogP contribution in [-0.4, -0.2) is 32.8 Å². The van der Waals surface area contributed by atoms with Crippen LogP contribution in [0.4, 0.5) is 10.1 Å². The molecule has 0 radical (unpaired) electrons. The van der Waals surface area contributed by atoms with Gasteiger partial charge in [0.05, 0.1) is 10.3 Å². The molecule has 2 rings (SSSR count). The Kier molecular flexibility index (Phi) is 6.57. The van der Waals surface area contributed by atoms with Gasteiger partial charge in [0.25, 0.3) is 5.56 Å². The smallest absolute Gasteiger partial charge is 0.255 e. The van der Waals surface area contributed by atoms with Gasteiger partial charge in [0.15, 0.2) is 5.16 Å². The Morgan fingerprint density at radius 2 is 2.24 bits per heavy atom. The van der Waals surface area contributed by atoms with Crippen molar-refractivity contribution in [1.29, 1.82) is 0 Å². The molecule has 6 nitrogen and oxygen atoms in total. The molecule has 3 N–H and O–H groups in total. The van der Waals surface area contributed by atoms with Crippen molar-refractivity contribution in [2.45, 2.75) is 30.7 Å². The number of carbonyl (C=O) groups is 1.